The number of halogens is 3. The number of nitrogens with one attached hydrogen (secondary N) is 2. The summed E-state index contributed by atoms with van der Waals surface area (Å²) in [7, 11) is 3.82. The third kappa shape index (κ3) is 5.60. The van der Waals surface area contributed by atoms with Crippen molar-refractivity contribution in [2.24, 2.45) is 4.99 Å². The SMILES string of the molecule is CN(C)CCCc1cc(NC(=O)c2cccnc2Nc2ccc3c(c2)=NC=3)cc(C(F)(F)F)c1. The molecule has 34 heavy (non-hydrogen) atoms. The lowest BCUT2D eigenvalue weighted by molar-refractivity contribution is -0.137. The molecule has 4 rings (SSSR count). The van der Waals surface area contributed by atoms with Gasteiger partial charge in [-0.3, -0.25) is 9.79 Å². The number of amides is 1. The lowest BCUT2D eigenvalue weighted by Crippen LogP contribution is -2.30. The van der Waals surface area contributed by atoms with Gasteiger partial charge in [-0.15, -0.1) is 0 Å². The molecule has 2 aromatic carbocycles. The number of anilines is 3. The van der Waals surface area contributed by atoms with Gasteiger partial charge in [0.1, 0.15) is 5.82 Å². The second-order valence-electron chi connectivity index (χ2n) is 8.33. The average molecular weight is 467 g/mol. The fourth-order valence-electron chi connectivity index (χ4n) is 3.61. The number of pyridine rings is 1. The average Bonchev–Trinajstić information content (AvgIpc) is 2.75. The zero-order valence-corrected chi connectivity index (χ0v) is 18.8. The van der Waals surface area contributed by atoms with Gasteiger partial charge in [-0.1, -0.05) is 0 Å². The number of alkyl halides is 3. The van der Waals surface area contributed by atoms with Crippen molar-refractivity contribution in [1.82, 2.24) is 9.88 Å². The van der Waals surface area contributed by atoms with E-state index in [1.807, 2.05) is 37.2 Å². The zero-order chi connectivity index (χ0) is 24.3. The maximum absolute atomic E-state index is 13.5. The Kier molecular flexibility index (Phi) is 6.65. The molecule has 1 aliphatic rings. The van der Waals surface area contributed by atoms with Gasteiger partial charge >= 0.3 is 6.18 Å². The van der Waals surface area contributed by atoms with E-state index in [-0.39, 0.29) is 11.3 Å². The molecule has 0 unspecified atom stereocenters. The van der Waals surface area contributed by atoms with Crippen molar-refractivity contribution in [3.8, 4) is 0 Å². The molecule has 0 spiro atoms. The van der Waals surface area contributed by atoms with Crippen LogP contribution in [0.2, 0.25) is 0 Å². The minimum Gasteiger partial charge on any atom is -0.340 e. The maximum Gasteiger partial charge on any atom is 0.416 e. The highest BCUT2D eigenvalue weighted by atomic mass is 19.4. The van der Waals surface area contributed by atoms with Gasteiger partial charge in [0.25, 0.3) is 5.91 Å². The molecule has 1 aromatic heterocycles. The molecule has 0 radical (unpaired) electrons. The number of benzene rings is 2. The molecule has 2 heterocycles. The molecule has 6 nitrogen and oxygen atoms in total. The van der Waals surface area contributed by atoms with Crippen molar-refractivity contribution in [2.45, 2.75) is 19.0 Å². The lowest BCUT2D eigenvalue weighted by atomic mass is 10.0. The summed E-state index contributed by atoms with van der Waals surface area (Å²) >= 11 is 0. The highest BCUT2D eigenvalue weighted by Gasteiger charge is 2.31. The summed E-state index contributed by atoms with van der Waals surface area (Å²) in [6.45, 7) is 0.747. The maximum atomic E-state index is 13.5. The summed E-state index contributed by atoms with van der Waals surface area (Å²) in [5, 5.41) is 7.57. The minimum absolute atomic E-state index is 0.0878. The van der Waals surface area contributed by atoms with Crippen LogP contribution in [0.4, 0.5) is 30.4 Å². The molecule has 1 amide bonds. The Bertz CT molecular complexity index is 1340. The molecule has 0 aliphatic carbocycles. The van der Waals surface area contributed by atoms with Gasteiger partial charge in [0.2, 0.25) is 0 Å². The first kappa shape index (κ1) is 23.4. The number of carbonyl (C=O) groups excluding carboxylic acids is 1. The van der Waals surface area contributed by atoms with Gasteiger partial charge in [0.05, 0.1) is 16.5 Å². The van der Waals surface area contributed by atoms with E-state index in [4.69, 9.17) is 0 Å². The van der Waals surface area contributed by atoms with Gasteiger partial charge in [-0.25, -0.2) is 4.98 Å². The molecule has 0 atom stereocenters. The first-order valence-corrected chi connectivity index (χ1v) is 10.8. The molecule has 2 N–H and O–H groups in total. The predicted molar refractivity (Wildman–Crippen MR) is 125 cm³/mol. The van der Waals surface area contributed by atoms with E-state index in [0.29, 0.717) is 29.9 Å². The van der Waals surface area contributed by atoms with E-state index in [1.165, 1.54) is 6.20 Å². The number of rotatable bonds is 8. The van der Waals surface area contributed by atoms with Crippen LogP contribution in [0.5, 0.6) is 0 Å². The first-order valence-electron chi connectivity index (χ1n) is 10.8. The fraction of sp³-hybridized carbons (Fsp3) is 0.240. The van der Waals surface area contributed by atoms with E-state index in [0.717, 1.165) is 29.3 Å². The van der Waals surface area contributed by atoms with Gasteiger partial charge in [-0.2, -0.15) is 13.2 Å². The van der Waals surface area contributed by atoms with E-state index in [2.05, 4.69) is 20.6 Å². The summed E-state index contributed by atoms with van der Waals surface area (Å²) in [6.07, 6.45) is -0.0712. The van der Waals surface area contributed by atoms with Gasteiger partial charge in [0, 0.05) is 29.0 Å². The Hall–Kier alpha value is -3.72. The van der Waals surface area contributed by atoms with Crippen molar-refractivity contribution >= 4 is 29.3 Å². The summed E-state index contributed by atoms with van der Waals surface area (Å²) in [4.78, 5) is 23.4. The Labute approximate surface area is 194 Å². The van der Waals surface area contributed by atoms with Crippen LogP contribution in [0.1, 0.15) is 27.9 Å². The first-order chi connectivity index (χ1) is 16.2. The minimum atomic E-state index is -4.52. The number of fused-ring (bicyclic) bond motifs is 1. The number of hydrogen-bond acceptors (Lipinski definition) is 5. The standard InChI is InChI=1S/C25H24F3N5O/c1-33(2)10-4-5-16-11-18(25(26,27)28)13-20(12-16)32-24(34)21-6-3-9-29-23(21)31-19-8-7-17-15-30-22(17)14-19/h3,6-9,11-15H,4-5,10H2,1-2H3,(H,29,31)(H,32,34). The Morgan fingerprint density at radius 1 is 1.06 bits per heavy atom. The normalized spacial score (nSPS) is 12.3. The summed E-state index contributed by atoms with van der Waals surface area (Å²) in [5.74, 6) is -0.266. The van der Waals surface area contributed by atoms with Crippen molar-refractivity contribution in [3.05, 3.63) is 82.0 Å². The molecular formula is C25H24F3N5O. The second-order valence-corrected chi connectivity index (χ2v) is 8.33. The van der Waals surface area contributed by atoms with E-state index in [1.54, 1.807) is 24.4 Å². The van der Waals surface area contributed by atoms with Crippen LogP contribution in [0.25, 0.3) is 6.20 Å². The van der Waals surface area contributed by atoms with Crippen molar-refractivity contribution in [2.75, 3.05) is 31.3 Å². The van der Waals surface area contributed by atoms with Crippen LogP contribution in [0.3, 0.4) is 0 Å². The summed E-state index contributed by atoms with van der Waals surface area (Å²) in [5.41, 5.74) is 0.715. The Morgan fingerprint density at radius 3 is 2.56 bits per heavy atom. The van der Waals surface area contributed by atoms with Crippen LogP contribution >= 0.6 is 0 Å². The molecule has 3 aromatic rings. The zero-order valence-electron chi connectivity index (χ0n) is 18.8. The van der Waals surface area contributed by atoms with E-state index < -0.39 is 17.6 Å². The van der Waals surface area contributed by atoms with Crippen molar-refractivity contribution < 1.29 is 18.0 Å². The Balaban J connectivity index is 1.56. The molecule has 0 fully saturated rings. The number of aromatic nitrogens is 1. The van der Waals surface area contributed by atoms with Gasteiger partial charge < -0.3 is 15.5 Å². The topological polar surface area (TPSA) is 69.6 Å². The summed E-state index contributed by atoms with van der Waals surface area (Å²) in [6, 6.07) is 12.4. The number of hydrogen-bond donors (Lipinski definition) is 2. The second kappa shape index (κ2) is 9.64. The highest BCUT2D eigenvalue weighted by molar-refractivity contribution is 6.07. The van der Waals surface area contributed by atoms with Crippen molar-refractivity contribution in [1.29, 1.82) is 0 Å². The molecule has 0 saturated carbocycles. The Morgan fingerprint density at radius 2 is 1.88 bits per heavy atom. The monoisotopic (exact) mass is 467 g/mol. The third-order valence-corrected chi connectivity index (χ3v) is 5.34. The molecule has 9 heteroatoms. The van der Waals surface area contributed by atoms with Crippen molar-refractivity contribution in [3.63, 3.8) is 0 Å². The van der Waals surface area contributed by atoms with Crippen LogP contribution in [0.15, 0.2) is 59.7 Å². The largest absolute Gasteiger partial charge is 0.416 e. The lowest BCUT2D eigenvalue weighted by Gasteiger charge is -2.15. The smallest absolute Gasteiger partial charge is 0.340 e. The van der Waals surface area contributed by atoms with E-state index >= 15 is 0 Å². The van der Waals surface area contributed by atoms with Gasteiger partial charge in [0.15, 0.2) is 0 Å². The van der Waals surface area contributed by atoms with Crippen LogP contribution in [0, 0.1) is 0 Å². The fourth-order valence-corrected chi connectivity index (χ4v) is 3.61. The summed E-state index contributed by atoms with van der Waals surface area (Å²) < 4.78 is 40.4. The molecular weight excluding hydrogens is 443 g/mol. The molecule has 0 saturated heterocycles. The van der Waals surface area contributed by atoms with Gasteiger partial charge in [-0.05, 0) is 87.6 Å². The molecule has 0 bridgehead atoms. The number of nitrogens with zero attached hydrogens (tertiary/aromatic N) is 3. The third-order valence-electron chi connectivity index (χ3n) is 5.34. The van der Waals surface area contributed by atoms with Crippen LogP contribution < -0.4 is 21.2 Å². The predicted octanol–water partition coefficient (Wildman–Crippen LogP) is 3.96. The number of aryl methyl sites for hydroxylation is 1. The molecule has 1 aliphatic heterocycles. The number of carbonyl (C=O) groups is 1. The quantitative estimate of drug-likeness (QED) is 0.526. The molecule has 176 valence electrons. The van der Waals surface area contributed by atoms with E-state index in [9.17, 15) is 18.0 Å². The highest BCUT2D eigenvalue weighted by Crippen LogP contribution is 2.32. The van der Waals surface area contributed by atoms with Crippen LogP contribution in [-0.2, 0) is 12.6 Å². The van der Waals surface area contributed by atoms with Crippen LogP contribution in [-0.4, -0.2) is 36.4 Å².